The van der Waals surface area contributed by atoms with Gasteiger partial charge < -0.3 is 24.5 Å². The van der Waals surface area contributed by atoms with E-state index in [4.69, 9.17) is 9.72 Å². The second-order valence-electron chi connectivity index (χ2n) is 13.7. The Labute approximate surface area is 330 Å². The number of ether oxygens (including phenoxy) is 1. The molecule has 11 nitrogen and oxygen atoms in total. The Kier molecular flexibility index (Phi) is 10.1. The lowest BCUT2D eigenvalue weighted by molar-refractivity contribution is -0.206. The number of halogens is 3. The number of alkyl halides is 3. The van der Waals surface area contributed by atoms with Gasteiger partial charge in [0.25, 0.3) is 5.91 Å². The minimum Gasteiger partial charge on any atom is -0.443 e. The van der Waals surface area contributed by atoms with Gasteiger partial charge in [0.05, 0.1) is 22.8 Å². The molecule has 0 unspecified atom stereocenters. The Morgan fingerprint density at radius 2 is 1.60 bits per heavy atom. The molecule has 4 heterocycles. The average Bonchev–Trinajstić information content (AvgIpc) is 3.78. The lowest BCUT2D eigenvalue weighted by atomic mass is 9.98. The molecule has 0 saturated heterocycles. The minimum atomic E-state index is -5.39. The van der Waals surface area contributed by atoms with E-state index in [9.17, 15) is 22.8 Å². The molecule has 8 rings (SSSR count). The number of carbonyl (C=O) groups is 2. The number of hydrogen-bond donors (Lipinski definition) is 2. The quantitative estimate of drug-likeness (QED) is 0.125. The van der Waals surface area contributed by atoms with Crippen molar-refractivity contribution in [3.63, 3.8) is 0 Å². The van der Waals surface area contributed by atoms with E-state index < -0.39 is 30.2 Å². The van der Waals surface area contributed by atoms with E-state index in [2.05, 4.69) is 25.6 Å². The number of aromatic nitrogens is 6. The zero-order chi connectivity index (χ0) is 40.4. The highest BCUT2D eigenvalue weighted by Gasteiger charge is 2.46. The van der Waals surface area contributed by atoms with Crippen LogP contribution >= 0.6 is 0 Å². The highest BCUT2D eigenvalue weighted by molar-refractivity contribution is 5.99. The first-order chi connectivity index (χ1) is 28.0. The van der Waals surface area contributed by atoms with Crippen LogP contribution in [0.25, 0.3) is 44.6 Å². The van der Waals surface area contributed by atoms with Crippen molar-refractivity contribution >= 4 is 51.1 Å². The molecule has 290 valence electrons. The second kappa shape index (κ2) is 15.7. The van der Waals surface area contributed by atoms with E-state index in [0.717, 1.165) is 22.0 Å². The van der Waals surface area contributed by atoms with Gasteiger partial charge in [-0.15, -0.1) is 0 Å². The number of aryl methyl sites for hydroxylation is 2. The van der Waals surface area contributed by atoms with Crippen molar-refractivity contribution in [3.05, 3.63) is 151 Å². The first kappa shape index (κ1) is 37.6. The highest BCUT2D eigenvalue weighted by Crippen LogP contribution is 2.38. The number of esters is 1. The molecule has 14 heteroatoms. The van der Waals surface area contributed by atoms with Crippen LogP contribution in [0, 0.1) is 6.92 Å². The Morgan fingerprint density at radius 1 is 0.845 bits per heavy atom. The summed E-state index contributed by atoms with van der Waals surface area (Å²) in [6, 6.07) is 32.9. The SMILES string of the molecule is Cc1ccc(NC(=O)[C@@H](OC(=O)C(F)(F)F)[C@@H](Cc2ccccc2)n2c(-c3cn(C)c4ccccc34)nc3ccccc32)cc1Nc1nccc(-c2cccnc2)n1. The van der Waals surface area contributed by atoms with Gasteiger partial charge in [-0.25, -0.2) is 19.7 Å². The zero-order valence-electron chi connectivity index (χ0n) is 31.2. The number of imidazole rings is 1. The van der Waals surface area contributed by atoms with E-state index >= 15 is 0 Å². The van der Waals surface area contributed by atoms with Gasteiger partial charge in [0.1, 0.15) is 5.82 Å². The van der Waals surface area contributed by atoms with Crippen molar-refractivity contribution in [1.29, 1.82) is 0 Å². The van der Waals surface area contributed by atoms with Gasteiger partial charge >= 0.3 is 12.1 Å². The third-order valence-corrected chi connectivity index (χ3v) is 9.79. The molecule has 0 bridgehead atoms. The van der Waals surface area contributed by atoms with Crippen molar-refractivity contribution in [2.24, 2.45) is 7.05 Å². The molecule has 0 aliphatic rings. The van der Waals surface area contributed by atoms with Crippen molar-refractivity contribution < 1.29 is 27.5 Å². The largest absolute Gasteiger partial charge is 0.490 e. The molecule has 0 aliphatic carbocycles. The van der Waals surface area contributed by atoms with Crippen molar-refractivity contribution in [1.82, 2.24) is 29.1 Å². The molecule has 0 aliphatic heterocycles. The minimum absolute atomic E-state index is 0.00645. The van der Waals surface area contributed by atoms with Crippen molar-refractivity contribution in [3.8, 4) is 22.6 Å². The first-order valence-corrected chi connectivity index (χ1v) is 18.3. The number of fused-ring (bicyclic) bond motifs is 2. The molecule has 8 aromatic rings. The number of pyridine rings is 1. The van der Waals surface area contributed by atoms with Gasteiger partial charge in [-0.3, -0.25) is 9.78 Å². The molecule has 0 radical (unpaired) electrons. The molecule has 1 amide bonds. The number of rotatable bonds is 11. The predicted octanol–water partition coefficient (Wildman–Crippen LogP) is 9.00. The summed E-state index contributed by atoms with van der Waals surface area (Å²) in [6.07, 6.45) is -0.583. The summed E-state index contributed by atoms with van der Waals surface area (Å²) in [5.41, 5.74) is 6.24. The van der Waals surface area contributed by atoms with Crippen LogP contribution in [0.2, 0.25) is 0 Å². The van der Waals surface area contributed by atoms with E-state index in [1.165, 1.54) is 0 Å². The Morgan fingerprint density at radius 3 is 2.38 bits per heavy atom. The molecule has 4 aromatic carbocycles. The number of amides is 1. The molecule has 2 atom stereocenters. The van der Waals surface area contributed by atoms with Gasteiger partial charge in [-0.05, 0) is 73.0 Å². The number of nitrogens with zero attached hydrogens (tertiary/aromatic N) is 6. The standard InChI is InChI=1S/C44H35F3N8O3/c1-27-18-19-30(24-35(27)53-43-49-22-20-33(52-43)29-13-10-21-48-25-29)50-41(56)39(58-42(57)44(45,46)47)38(23-28-11-4-3-5-12-28)55-37-17-9-7-15-34(37)51-40(55)32-26-54(2)36-16-8-6-14-31(32)36/h3-22,24-26,38-39H,23H2,1-2H3,(H,50,56)(H,49,52,53)/t38-,39+/m1/s1. The van der Waals surface area contributed by atoms with E-state index in [0.29, 0.717) is 39.4 Å². The summed E-state index contributed by atoms with van der Waals surface area (Å²) in [7, 11) is 1.88. The number of para-hydroxylation sites is 3. The monoisotopic (exact) mass is 780 g/mol. The van der Waals surface area contributed by atoms with E-state index in [-0.39, 0.29) is 18.1 Å². The van der Waals surface area contributed by atoms with Crippen molar-refractivity contribution in [2.45, 2.75) is 31.7 Å². The number of anilines is 3. The van der Waals surface area contributed by atoms with Gasteiger partial charge in [0, 0.05) is 65.2 Å². The van der Waals surface area contributed by atoms with Crippen LogP contribution in [-0.4, -0.2) is 53.2 Å². The molecular weight excluding hydrogens is 746 g/mol. The Bertz CT molecular complexity index is 2770. The maximum atomic E-state index is 14.6. The summed E-state index contributed by atoms with van der Waals surface area (Å²) in [5, 5.41) is 6.76. The summed E-state index contributed by atoms with van der Waals surface area (Å²) in [6.45, 7) is 1.83. The Balaban J connectivity index is 1.22. The summed E-state index contributed by atoms with van der Waals surface area (Å²) >= 11 is 0. The molecule has 0 spiro atoms. The third-order valence-electron chi connectivity index (χ3n) is 9.79. The van der Waals surface area contributed by atoms with Gasteiger partial charge in [-0.1, -0.05) is 66.7 Å². The average molecular weight is 781 g/mol. The van der Waals surface area contributed by atoms with Crippen LogP contribution in [0.5, 0.6) is 0 Å². The maximum Gasteiger partial charge on any atom is 0.490 e. The molecule has 0 fully saturated rings. The van der Waals surface area contributed by atoms with E-state index in [1.54, 1.807) is 102 Å². The fourth-order valence-corrected chi connectivity index (χ4v) is 7.03. The van der Waals surface area contributed by atoms with Crippen molar-refractivity contribution in [2.75, 3.05) is 10.6 Å². The number of hydrogen-bond acceptors (Lipinski definition) is 8. The number of carbonyl (C=O) groups excluding carboxylic acids is 2. The van der Waals surface area contributed by atoms with Crippen LogP contribution in [-0.2, 0) is 27.8 Å². The number of benzene rings is 4. The number of nitrogens with one attached hydrogen (secondary N) is 2. The van der Waals surface area contributed by atoms with Crippen LogP contribution in [0.4, 0.5) is 30.5 Å². The van der Waals surface area contributed by atoms with Gasteiger partial charge in [0.2, 0.25) is 12.1 Å². The second-order valence-corrected chi connectivity index (χ2v) is 13.7. The van der Waals surface area contributed by atoms with Crippen LogP contribution in [0.15, 0.2) is 140 Å². The Hall–Kier alpha value is -7.35. The molecule has 0 saturated carbocycles. The van der Waals surface area contributed by atoms with E-state index in [1.807, 2.05) is 61.1 Å². The molecule has 4 aromatic heterocycles. The smallest absolute Gasteiger partial charge is 0.443 e. The topological polar surface area (TPSA) is 129 Å². The lowest BCUT2D eigenvalue weighted by Gasteiger charge is -2.30. The first-order valence-electron chi connectivity index (χ1n) is 18.3. The highest BCUT2D eigenvalue weighted by atomic mass is 19.4. The maximum absolute atomic E-state index is 14.6. The normalized spacial score (nSPS) is 12.6. The predicted molar refractivity (Wildman–Crippen MR) is 215 cm³/mol. The van der Waals surface area contributed by atoms with Gasteiger partial charge in [-0.2, -0.15) is 13.2 Å². The zero-order valence-corrected chi connectivity index (χ0v) is 31.2. The van der Waals surface area contributed by atoms with Crippen LogP contribution < -0.4 is 10.6 Å². The fourth-order valence-electron chi connectivity index (χ4n) is 7.03. The third kappa shape index (κ3) is 7.72. The molecule has 2 N–H and O–H groups in total. The van der Waals surface area contributed by atoms with Crippen LogP contribution in [0.1, 0.15) is 17.2 Å². The fraction of sp³-hybridized carbons (Fsp3) is 0.136. The lowest BCUT2D eigenvalue weighted by Crippen LogP contribution is -2.43. The summed E-state index contributed by atoms with van der Waals surface area (Å²) < 4.78 is 51.2. The summed E-state index contributed by atoms with van der Waals surface area (Å²) in [4.78, 5) is 45.5. The van der Waals surface area contributed by atoms with Crippen LogP contribution in [0.3, 0.4) is 0 Å². The summed E-state index contributed by atoms with van der Waals surface area (Å²) in [5.74, 6) is -2.83. The molecule has 58 heavy (non-hydrogen) atoms. The van der Waals surface area contributed by atoms with Gasteiger partial charge in [0.15, 0.2) is 0 Å². The molecular formula is C44H35F3N8O3.